The number of aliphatic hydroxyl groups excluding tert-OH is 1. The average molecular weight is 334 g/mol. The van der Waals surface area contributed by atoms with Crippen molar-refractivity contribution in [3.05, 3.63) is 33.4 Å². The highest BCUT2D eigenvalue weighted by Gasteiger charge is 2.18. The minimum absolute atomic E-state index is 0.0586. The molecule has 2 atom stereocenters. The molecule has 0 radical (unpaired) electrons. The predicted octanol–water partition coefficient (Wildman–Crippen LogP) is 1.10. The summed E-state index contributed by atoms with van der Waals surface area (Å²) in [7, 11) is 0. The third-order valence-electron chi connectivity index (χ3n) is 4.68. The van der Waals surface area contributed by atoms with Crippen molar-refractivity contribution in [3.8, 4) is 0 Å². The van der Waals surface area contributed by atoms with Crippen LogP contribution in [0.25, 0.3) is 5.65 Å². The zero-order chi connectivity index (χ0) is 17.9. The lowest BCUT2D eigenvalue weighted by atomic mass is 9.99. The van der Waals surface area contributed by atoms with Crippen LogP contribution in [0.2, 0.25) is 0 Å². The Bertz CT molecular complexity index is 778. The Hall–Kier alpha value is -2.15. The molecule has 0 aliphatic heterocycles. The minimum atomic E-state index is -0.217. The first-order valence-corrected chi connectivity index (χ1v) is 8.35. The maximum atomic E-state index is 12.2. The normalized spacial score (nSPS) is 13.9. The van der Waals surface area contributed by atoms with Crippen molar-refractivity contribution in [3.63, 3.8) is 0 Å². The summed E-state index contributed by atoms with van der Waals surface area (Å²) in [5, 5.41) is 15.0. The van der Waals surface area contributed by atoms with Crippen LogP contribution in [0.5, 0.6) is 0 Å². The van der Waals surface area contributed by atoms with Gasteiger partial charge in [-0.1, -0.05) is 20.3 Å². The Labute approximate surface area is 141 Å². The molecule has 2 aromatic heterocycles. The van der Waals surface area contributed by atoms with Gasteiger partial charge in [-0.15, -0.1) is 0 Å². The van der Waals surface area contributed by atoms with E-state index in [4.69, 9.17) is 0 Å². The zero-order valence-electron chi connectivity index (χ0n) is 14.7. The van der Waals surface area contributed by atoms with Gasteiger partial charge in [0.2, 0.25) is 5.91 Å². The molecular formula is C17H26N4O3. The van der Waals surface area contributed by atoms with E-state index in [-0.39, 0.29) is 30.0 Å². The van der Waals surface area contributed by atoms with E-state index >= 15 is 0 Å². The van der Waals surface area contributed by atoms with Crippen LogP contribution >= 0.6 is 0 Å². The molecule has 0 saturated heterocycles. The highest BCUT2D eigenvalue weighted by atomic mass is 16.3. The molecule has 0 aliphatic rings. The van der Waals surface area contributed by atoms with Crippen LogP contribution in [0, 0.1) is 19.8 Å². The van der Waals surface area contributed by atoms with Gasteiger partial charge in [0, 0.05) is 23.9 Å². The van der Waals surface area contributed by atoms with Crippen molar-refractivity contribution >= 4 is 11.6 Å². The van der Waals surface area contributed by atoms with Crippen LogP contribution in [0.15, 0.2) is 10.9 Å². The smallest absolute Gasteiger partial charge is 0.266 e. The number of nitrogens with zero attached hydrogens (tertiary/aromatic N) is 2. The molecule has 1 amide bonds. The molecule has 0 fully saturated rings. The van der Waals surface area contributed by atoms with E-state index in [1.54, 1.807) is 4.52 Å². The number of aromatic nitrogens is 3. The highest BCUT2D eigenvalue weighted by molar-refractivity contribution is 5.76. The lowest BCUT2D eigenvalue weighted by molar-refractivity contribution is -0.122. The molecule has 0 unspecified atom stereocenters. The quantitative estimate of drug-likeness (QED) is 0.706. The van der Waals surface area contributed by atoms with E-state index in [2.05, 4.69) is 15.4 Å². The highest BCUT2D eigenvalue weighted by Crippen LogP contribution is 2.15. The van der Waals surface area contributed by atoms with Crippen LogP contribution < -0.4 is 10.9 Å². The Morgan fingerprint density at radius 1 is 1.46 bits per heavy atom. The fraction of sp³-hybridized carbons (Fsp3) is 0.588. The number of aliphatic hydroxyl groups is 1. The molecule has 0 aliphatic carbocycles. The van der Waals surface area contributed by atoms with Gasteiger partial charge < -0.3 is 10.4 Å². The fourth-order valence-electron chi connectivity index (χ4n) is 2.89. The van der Waals surface area contributed by atoms with Gasteiger partial charge in [0.05, 0.1) is 12.6 Å². The number of hydrogen-bond acceptors (Lipinski definition) is 4. The molecule has 0 bridgehead atoms. The first kappa shape index (κ1) is 18.2. The molecule has 0 aromatic carbocycles. The molecular weight excluding hydrogens is 308 g/mol. The van der Waals surface area contributed by atoms with Crippen molar-refractivity contribution in [1.29, 1.82) is 0 Å². The number of aryl methyl sites for hydroxylation is 2. The first-order valence-electron chi connectivity index (χ1n) is 8.35. The van der Waals surface area contributed by atoms with E-state index in [1.165, 1.54) is 6.07 Å². The van der Waals surface area contributed by atoms with Gasteiger partial charge in [0.15, 0.2) is 5.65 Å². The summed E-state index contributed by atoms with van der Waals surface area (Å²) in [4.78, 5) is 28.1. The van der Waals surface area contributed by atoms with Gasteiger partial charge in [-0.3, -0.25) is 14.7 Å². The summed E-state index contributed by atoms with van der Waals surface area (Å²) in [6, 6.07) is 1.24. The summed E-state index contributed by atoms with van der Waals surface area (Å²) >= 11 is 0. The van der Waals surface area contributed by atoms with Crippen molar-refractivity contribution in [1.82, 2.24) is 19.9 Å². The monoisotopic (exact) mass is 334 g/mol. The molecule has 0 saturated carbocycles. The van der Waals surface area contributed by atoms with Crippen molar-refractivity contribution in [2.75, 3.05) is 6.61 Å². The molecule has 0 spiro atoms. The van der Waals surface area contributed by atoms with Gasteiger partial charge in [0.1, 0.15) is 0 Å². The number of fused-ring (bicyclic) bond motifs is 1. The second kappa shape index (κ2) is 7.61. The van der Waals surface area contributed by atoms with Crippen LogP contribution in [-0.2, 0) is 11.2 Å². The Morgan fingerprint density at radius 2 is 2.17 bits per heavy atom. The van der Waals surface area contributed by atoms with E-state index in [0.29, 0.717) is 18.5 Å². The zero-order valence-corrected chi connectivity index (χ0v) is 14.7. The van der Waals surface area contributed by atoms with Crippen LogP contribution in [-0.4, -0.2) is 38.3 Å². The molecule has 7 heteroatoms. The van der Waals surface area contributed by atoms with E-state index in [1.807, 2.05) is 27.7 Å². The van der Waals surface area contributed by atoms with Gasteiger partial charge in [-0.25, -0.2) is 9.50 Å². The largest absolute Gasteiger partial charge is 0.394 e. The van der Waals surface area contributed by atoms with E-state index < -0.39 is 0 Å². The van der Waals surface area contributed by atoms with Gasteiger partial charge in [-0.2, -0.15) is 0 Å². The summed E-state index contributed by atoms with van der Waals surface area (Å²) in [5.74, 6) is 0.139. The van der Waals surface area contributed by atoms with Crippen LogP contribution in [0.4, 0.5) is 0 Å². The summed E-state index contributed by atoms with van der Waals surface area (Å²) in [6.07, 6.45) is 1.74. The Kier molecular flexibility index (Phi) is 5.77. The molecule has 3 N–H and O–H groups in total. The number of rotatable bonds is 7. The maximum absolute atomic E-state index is 12.2. The second-order valence-corrected chi connectivity index (χ2v) is 6.32. The summed E-state index contributed by atoms with van der Waals surface area (Å²) < 4.78 is 1.65. The topological polar surface area (TPSA) is 99.5 Å². The predicted molar refractivity (Wildman–Crippen MR) is 92.1 cm³/mol. The molecule has 2 heterocycles. The average Bonchev–Trinajstić information content (AvgIpc) is 2.92. The lowest BCUT2D eigenvalue weighted by Crippen LogP contribution is -2.42. The standard InChI is InChI=1S/C17H26N4O3/c1-5-10(2)14(9-22)19-16(23)7-6-13-11(3)18-15-8-17(24)20-21(15)12(13)4/h8,10,14,22H,5-7,9H2,1-4H3,(H,19,23)(H,20,24)/t10-,14-/m1/s1. The minimum Gasteiger partial charge on any atom is -0.394 e. The number of hydrogen-bond donors (Lipinski definition) is 3. The van der Waals surface area contributed by atoms with Crippen LogP contribution in [0.3, 0.4) is 0 Å². The third kappa shape index (κ3) is 3.84. The van der Waals surface area contributed by atoms with Gasteiger partial charge in [-0.05, 0) is 31.7 Å². The SMILES string of the molecule is CC[C@@H](C)[C@@H](CO)NC(=O)CCc1c(C)nc2cc(=O)[nH]n2c1C. The lowest BCUT2D eigenvalue weighted by Gasteiger charge is -2.22. The summed E-state index contributed by atoms with van der Waals surface area (Å²) in [5.41, 5.74) is 3.04. The molecule has 24 heavy (non-hydrogen) atoms. The Morgan fingerprint density at radius 3 is 2.79 bits per heavy atom. The van der Waals surface area contributed by atoms with Gasteiger partial charge >= 0.3 is 0 Å². The van der Waals surface area contributed by atoms with Crippen molar-refractivity contribution < 1.29 is 9.90 Å². The number of H-pyrrole nitrogens is 1. The molecule has 132 valence electrons. The number of amides is 1. The number of aromatic amines is 1. The Balaban J connectivity index is 2.10. The third-order valence-corrected chi connectivity index (χ3v) is 4.68. The molecule has 2 rings (SSSR count). The van der Waals surface area contributed by atoms with Crippen molar-refractivity contribution in [2.45, 2.75) is 53.0 Å². The fourth-order valence-corrected chi connectivity index (χ4v) is 2.89. The number of carbonyl (C=O) groups excluding carboxylic acids is 1. The first-order chi connectivity index (χ1) is 11.4. The van der Waals surface area contributed by atoms with E-state index in [9.17, 15) is 14.7 Å². The molecule has 7 nitrogen and oxygen atoms in total. The number of carbonyl (C=O) groups is 1. The second-order valence-electron chi connectivity index (χ2n) is 6.32. The number of nitrogens with one attached hydrogen (secondary N) is 2. The summed E-state index contributed by atoms with van der Waals surface area (Å²) in [6.45, 7) is 7.77. The maximum Gasteiger partial charge on any atom is 0.266 e. The van der Waals surface area contributed by atoms with Crippen molar-refractivity contribution in [2.24, 2.45) is 5.92 Å². The van der Waals surface area contributed by atoms with E-state index in [0.717, 1.165) is 23.4 Å². The molecule has 2 aromatic rings. The van der Waals surface area contributed by atoms with Gasteiger partial charge in [0.25, 0.3) is 5.56 Å². The van der Waals surface area contributed by atoms with Crippen LogP contribution in [0.1, 0.15) is 43.6 Å².